The fourth-order valence-corrected chi connectivity index (χ4v) is 2.54. The number of rotatable bonds is 6. The molecule has 0 bridgehead atoms. The van der Waals surface area contributed by atoms with Crippen LogP contribution in [0.4, 0.5) is 5.82 Å². The maximum atomic E-state index is 8.95. The molecule has 0 aliphatic rings. The van der Waals surface area contributed by atoms with E-state index in [1.54, 1.807) is 0 Å². The van der Waals surface area contributed by atoms with Gasteiger partial charge in [-0.1, -0.05) is 0 Å². The van der Waals surface area contributed by atoms with Crippen molar-refractivity contribution < 1.29 is 10.2 Å². The molecule has 18 heavy (non-hydrogen) atoms. The summed E-state index contributed by atoms with van der Waals surface area (Å²) in [6.45, 7) is 1.51. The first kappa shape index (κ1) is 13.2. The lowest BCUT2D eigenvalue weighted by Crippen LogP contribution is -2.30. The Labute approximate surface area is 109 Å². The summed E-state index contributed by atoms with van der Waals surface area (Å²) >= 11 is 1.52. The summed E-state index contributed by atoms with van der Waals surface area (Å²) in [7, 11) is 0. The van der Waals surface area contributed by atoms with Crippen molar-refractivity contribution in [2.24, 2.45) is 0 Å². The molecule has 0 spiro atoms. The molecule has 6 nitrogen and oxygen atoms in total. The van der Waals surface area contributed by atoms with E-state index >= 15 is 0 Å². The smallest absolute Gasteiger partial charge is 0.146 e. The minimum absolute atomic E-state index is 0.0384. The van der Waals surface area contributed by atoms with Crippen LogP contribution in [0.25, 0.3) is 10.2 Å². The van der Waals surface area contributed by atoms with E-state index in [4.69, 9.17) is 15.9 Å². The largest absolute Gasteiger partial charge is 0.395 e. The highest BCUT2D eigenvalue weighted by atomic mass is 32.1. The van der Waals surface area contributed by atoms with Gasteiger partial charge in [0.25, 0.3) is 0 Å². The van der Waals surface area contributed by atoms with Gasteiger partial charge in [0.2, 0.25) is 0 Å². The van der Waals surface area contributed by atoms with Gasteiger partial charge in [0.05, 0.1) is 25.1 Å². The van der Waals surface area contributed by atoms with Gasteiger partial charge in [-0.15, -0.1) is 11.3 Å². The van der Waals surface area contributed by atoms with Crippen LogP contribution < -0.4 is 5.73 Å². The Morgan fingerprint density at radius 1 is 1.22 bits per heavy atom. The number of hydrogen-bond acceptors (Lipinski definition) is 7. The quantitative estimate of drug-likeness (QED) is 0.685. The van der Waals surface area contributed by atoms with E-state index < -0.39 is 0 Å². The molecule has 98 valence electrons. The third-order valence-electron chi connectivity index (χ3n) is 2.60. The first-order chi connectivity index (χ1) is 8.74. The van der Waals surface area contributed by atoms with Crippen molar-refractivity contribution in [2.45, 2.75) is 6.54 Å². The molecule has 0 unspecified atom stereocenters. The monoisotopic (exact) mass is 268 g/mol. The Kier molecular flexibility index (Phi) is 4.43. The highest BCUT2D eigenvalue weighted by Crippen LogP contribution is 2.23. The molecule has 0 saturated heterocycles. The number of anilines is 1. The third kappa shape index (κ3) is 2.94. The van der Waals surface area contributed by atoms with Crippen molar-refractivity contribution in [3.8, 4) is 0 Å². The number of aliphatic hydroxyl groups is 2. The van der Waals surface area contributed by atoms with Crippen LogP contribution >= 0.6 is 11.3 Å². The van der Waals surface area contributed by atoms with Gasteiger partial charge < -0.3 is 15.9 Å². The average Bonchev–Trinajstić information content (AvgIpc) is 2.78. The molecule has 0 fully saturated rings. The second-order valence-corrected chi connectivity index (χ2v) is 4.78. The molecule has 2 heterocycles. The summed E-state index contributed by atoms with van der Waals surface area (Å²) < 4.78 is 0. The molecule has 0 saturated carbocycles. The van der Waals surface area contributed by atoms with Crippen LogP contribution in [0.3, 0.4) is 0 Å². The van der Waals surface area contributed by atoms with Gasteiger partial charge in [-0.25, -0.2) is 9.97 Å². The van der Waals surface area contributed by atoms with Gasteiger partial charge in [-0.3, -0.25) is 4.90 Å². The summed E-state index contributed by atoms with van der Waals surface area (Å²) in [5.74, 6) is 1.09. The van der Waals surface area contributed by atoms with Crippen molar-refractivity contribution in [2.75, 3.05) is 32.0 Å². The lowest BCUT2D eigenvalue weighted by atomic mass is 10.3. The van der Waals surface area contributed by atoms with Crippen molar-refractivity contribution in [1.82, 2.24) is 14.9 Å². The predicted octanol–water partition coefficient (Wildman–Crippen LogP) is 0.0601. The van der Waals surface area contributed by atoms with Gasteiger partial charge >= 0.3 is 0 Å². The Bertz CT molecular complexity index is 511. The molecule has 0 atom stereocenters. The van der Waals surface area contributed by atoms with Crippen LogP contribution in [0.2, 0.25) is 0 Å². The second-order valence-electron chi connectivity index (χ2n) is 3.89. The maximum Gasteiger partial charge on any atom is 0.146 e. The predicted molar refractivity (Wildman–Crippen MR) is 71.3 cm³/mol. The zero-order valence-electron chi connectivity index (χ0n) is 9.91. The fraction of sp³-hybridized carbons (Fsp3) is 0.455. The van der Waals surface area contributed by atoms with Gasteiger partial charge in [-0.05, 0) is 11.4 Å². The van der Waals surface area contributed by atoms with Gasteiger partial charge in [-0.2, -0.15) is 0 Å². The van der Waals surface area contributed by atoms with E-state index in [-0.39, 0.29) is 13.2 Å². The Hall–Kier alpha value is -1.28. The Morgan fingerprint density at radius 2 is 1.94 bits per heavy atom. The molecule has 7 heteroatoms. The van der Waals surface area contributed by atoms with Crippen LogP contribution in [0.1, 0.15) is 5.82 Å². The summed E-state index contributed by atoms with van der Waals surface area (Å²) in [5, 5.41) is 20.7. The van der Waals surface area contributed by atoms with E-state index in [2.05, 4.69) is 9.97 Å². The van der Waals surface area contributed by atoms with E-state index in [0.717, 1.165) is 10.2 Å². The molecule has 0 aliphatic heterocycles. The summed E-state index contributed by atoms with van der Waals surface area (Å²) in [6, 6.07) is 1.90. The maximum absolute atomic E-state index is 8.95. The SMILES string of the molecule is Nc1nc(CN(CCO)CCO)nc2sccc12. The molecule has 0 aliphatic carbocycles. The van der Waals surface area contributed by atoms with E-state index in [0.29, 0.717) is 31.3 Å². The van der Waals surface area contributed by atoms with Crippen LogP contribution in [0.5, 0.6) is 0 Å². The number of hydrogen-bond donors (Lipinski definition) is 3. The molecule has 4 N–H and O–H groups in total. The fourth-order valence-electron chi connectivity index (χ4n) is 1.75. The summed E-state index contributed by atoms with van der Waals surface area (Å²) in [6.07, 6.45) is 0. The van der Waals surface area contributed by atoms with Crippen molar-refractivity contribution >= 4 is 27.4 Å². The molecule has 0 amide bonds. The number of thiophene rings is 1. The summed E-state index contributed by atoms with van der Waals surface area (Å²) in [4.78, 5) is 11.4. The number of nitrogens with two attached hydrogens (primary N) is 1. The van der Waals surface area contributed by atoms with Crippen LogP contribution in [0, 0.1) is 0 Å². The first-order valence-corrected chi connectivity index (χ1v) is 6.56. The molecule has 0 radical (unpaired) electrons. The molecular formula is C11H16N4O2S. The number of aromatic nitrogens is 2. The summed E-state index contributed by atoms with van der Waals surface area (Å²) in [5.41, 5.74) is 5.86. The highest BCUT2D eigenvalue weighted by Gasteiger charge is 2.10. The average molecular weight is 268 g/mol. The van der Waals surface area contributed by atoms with E-state index in [1.165, 1.54) is 11.3 Å². The normalized spacial score (nSPS) is 11.5. The molecule has 2 rings (SSSR count). The van der Waals surface area contributed by atoms with Crippen LogP contribution in [-0.2, 0) is 6.54 Å². The van der Waals surface area contributed by atoms with Crippen LogP contribution in [-0.4, -0.2) is 51.4 Å². The third-order valence-corrected chi connectivity index (χ3v) is 3.40. The van der Waals surface area contributed by atoms with E-state index in [1.807, 2.05) is 16.3 Å². The standard InChI is InChI=1S/C11H16N4O2S/c12-10-8-1-6-18-11(8)14-9(13-10)7-15(2-4-16)3-5-17/h1,6,16-17H,2-5,7H2,(H2,12,13,14). The lowest BCUT2D eigenvalue weighted by Gasteiger charge is -2.19. The van der Waals surface area contributed by atoms with Crippen molar-refractivity contribution in [1.29, 1.82) is 0 Å². The van der Waals surface area contributed by atoms with Crippen molar-refractivity contribution in [3.63, 3.8) is 0 Å². The van der Waals surface area contributed by atoms with Gasteiger partial charge in [0.15, 0.2) is 0 Å². The topological polar surface area (TPSA) is 95.5 Å². The first-order valence-electron chi connectivity index (χ1n) is 5.68. The zero-order valence-corrected chi connectivity index (χ0v) is 10.7. The Balaban J connectivity index is 2.19. The van der Waals surface area contributed by atoms with Gasteiger partial charge in [0.1, 0.15) is 16.5 Å². The van der Waals surface area contributed by atoms with Crippen molar-refractivity contribution in [3.05, 3.63) is 17.3 Å². The molecular weight excluding hydrogens is 252 g/mol. The molecule has 2 aromatic rings. The second kappa shape index (κ2) is 6.05. The molecule has 0 aromatic carbocycles. The van der Waals surface area contributed by atoms with Gasteiger partial charge in [0, 0.05) is 13.1 Å². The minimum atomic E-state index is 0.0384. The lowest BCUT2D eigenvalue weighted by molar-refractivity contribution is 0.153. The van der Waals surface area contributed by atoms with E-state index in [9.17, 15) is 0 Å². The zero-order chi connectivity index (χ0) is 13.0. The minimum Gasteiger partial charge on any atom is -0.395 e. The van der Waals surface area contributed by atoms with Crippen LogP contribution in [0.15, 0.2) is 11.4 Å². The number of nitrogens with zero attached hydrogens (tertiary/aromatic N) is 3. The number of fused-ring (bicyclic) bond motifs is 1. The highest BCUT2D eigenvalue weighted by molar-refractivity contribution is 7.16. The Morgan fingerprint density at radius 3 is 2.61 bits per heavy atom. The molecule has 2 aromatic heterocycles. The number of nitrogen functional groups attached to an aromatic ring is 1. The number of aliphatic hydroxyl groups excluding tert-OH is 2.